The van der Waals surface area contributed by atoms with E-state index in [1.54, 1.807) is 0 Å². The predicted molar refractivity (Wildman–Crippen MR) is 112 cm³/mol. The molecule has 0 radical (unpaired) electrons. The molecule has 0 N–H and O–H groups in total. The summed E-state index contributed by atoms with van der Waals surface area (Å²) in [7, 11) is 0. The van der Waals surface area contributed by atoms with Gasteiger partial charge >= 0.3 is 161 Å². The van der Waals surface area contributed by atoms with Crippen LogP contribution in [-0.4, -0.2) is 18.4 Å². The van der Waals surface area contributed by atoms with Gasteiger partial charge in [-0.25, -0.2) is 0 Å². The van der Waals surface area contributed by atoms with Gasteiger partial charge in [0.1, 0.15) is 0 Å². The van der Waals surface area contributed by atoms with Crippen molar-refractivity contribution in [2.45, 2.75) is 4.94 Å². The van der Waals surface area contributed by atoms with Gasteiger partial charge in [-0.3, -0.25) is 0 Å². The van der Waals surface area contributed by atoms with Crippen LogP contribution in [0.15, 0.2) is 91.0 Å². The molecule has 0 aliphatic rings. The van der Waals surface area contributed by atoms with E-state index in [9.17, 15) is 0 Å². The molecule has 0 bridgehead atoms. The Balaban J connectivity index is 1.97. The van der Waals surface area contributed by atoms with Crippen molar-refractivity contribution >= 4 is 18.4 Å². The standard InChI is InChI=1S/3C8H5.CH3.Sn/c3*1-2-8-6-4-3-5-7-8;;/h3*3-7H;1H3;. The number of hydrogen-bond donors (Lipinski definition) is 0. The molecule has 0 atom stereocenters. The zero-order chi connectivity index (χ0) is 18.1. The van der Waals surface area contributed by atoms with Crippen LogP contribution in [0.25, 0.3) is 0 Å². The third kappa shape index (κ3) is 5.60. The van der Waals surface area contributed by atoms with E-state index in [2.05, 4.69) is 34.5 Å². The summed E-state index contributed by atoms with van der Waals surface area (Å²) in [4.78, 5) is 2.18. The fourth-order valence-electron chi connectivity index (χ4n) is 2.25. The van der Waals surface area contributed by atoms with E-state index in [4.69, 9.17) is 0 Å². The van der Waals surface area contributed by atoms with Crippen molar-refractivity contribution in [2.24, 2.45) is 0 Å². The molecule has 122 valence electrons. The van der Waals surface area contributed by atoms with Crippen LogP contribution in [0.4, 0.5) is 0 Å². The second-order valence-corrected chi connectivity index (χ2v) is 14.5. The first-order valence-electron chi connectivity index (χ1n) is 8.48. The molecule has 0 nitrogen and oxygen atoms in total. The summed E-state index contributed by atoms with van der Waals surface area (Å²) in [6.07, 6.45) is 0. The predicted octanol–water partition coefficient (Wildman–Crippen LogP) is 4.84. The number of benzene rings is 3. The fraction of sp³-hybridized carbons (Fsp3) is 0.0400. The molecule has 0 saturated carbocycles. The Kier molecular flexibility index (Phi) is 6.22. The average Bonchev–Trinajstić information content (AvgIpc) is 2.72. The summed E-state index contributed by atoms with van der Waals surface area (Å²) in [6, 6.07) is 30.1. The first-order chi connectivity index (χ1) is 12.7. The van der Waals surface area contributed by atoms with E-state index >= 15 is 0 Å². The molecule has 0 saturated heterocycles. The Morgan fingerprint density at radius 2 is 0.731 bits per heavy atom. The van der Waals surface area contributed by atoms with E-state index in [-0.39, 0.29) is 0 Å². The monoisotopic (exact) mass is 438 g/mol. The summed E-state index contributed by atoms with van der Waals surface area (Å²) in [5.41, 5.74) is 3.04. The Bertz CT molecular complexity index is 893. The van der Waals surface area contributed by atoms with Gasteiger partial charge in [-0.15, -0.1) is 0 Å². The quantitative estimate of drug-likeness (QED) is 0.349. The molecule has 0 unspecified atom stereocenters. The van der Waals surface area contributed by atoms with Gasteiger partial charge in [0.15, 0.2) is 0 Å². The van der Waals surface area contributed by atoms with Gasteiger partial charge in [0.05, 0.1) is 0 Å². The minimum atomic E-state index is -3.23. The van der Waals surface area contributed by atoms with Crippen LogP contribution < -0.4 is 0 Å². The van der Waals surface area contributed by atoms with Crippen LogP contribution in [0.3, 0.4) is 0 Å². The van der Waals surface area contributed by atoms with Gasteiger partial charge in [0.25, 0.3) is 0 Å². The Labute approximate surface area is 160 Å². The van der Waals surface area contributed by atoms with Crippen molar-refractivity contribution in [3.8, 4) is 29.6 Å². The summed E-state index contributed by atoms with van der Waals surface area (Å²) >= 11 is -3.23. The summed E-state index contributed by atoms with van der Waals surface area (Å²) in [6.45, 7) is 0. The SMILES string of the molecule is [CH3][Sn]([C]#Cc1ccccc1)([C]#Cc1ccccc1)[C]#Cc1ccccc1. The van der Waals surface area contributed by atoms with Crippen molar-refractivity contribution < 1.29 is 0 Å². The van der Waals surface area contributed by atoms with Crippen molar-refractivity contribution in [2.75, 3.05) is 0 Å². The van der Waals surface area contributed by atoms with Crippen LogP contribution in [0.1, 0.15) is 16.7 Å². The molecule has 1 heteroatoms. The van der Waals surface area contributed by atoms with Crippen molar-refractivity contribution in [3.63, 3.8) is 0 Å². The molecule has 0 aliphatic carbocycles. The van der Waals surface area contributed by atoms with E-state index in [1.807, 2.05) is 91.0 Å². The van der Waals surface area contributed by atoms with Crippen LogP contribution in [0.5, 0.6) is 0 Å². The molecule has 3 aromatic carbocycles. The van der Waals surface area contributed by atoms with Crippen LogP contribution in [-0.2, 0) is 0 Å². The van der Waals surface area contributed by atoms with Crippen molar-refractivity contribution in [3.05, 3.63) is 108 Å². The molecule has 0 aromatic heterocycles. The zero-order valence-corrected chi connectivity index (χ0v) is 17.5. The first-order valence-corrected chi connectivity index (χ1v) is 15.6. The van der Waals surface area contributed by atoms with Gasteiger partial charge in [-0.05, 0) is 0 Å². The average molecular weight is 437 g/mol. The molecule has 0 amide bonds. The van der Waals surface area contributed by atoms with Crippen molar-refractivity contribution in [1.82, 2.24) is 0 Å². The van der Waals surface area contributed by atoms with E-state index in [0.717, 1.165) is 16.7 Å². The third-order valence-electron chi connectivity index (χ3n) is 3.69. The normalized spacial score (nSPS) is 9.58. The molecule has 0 fully saturated rings. The van der Waals surface area contributed by atoms with E-state index in [1.165, 1.54) is 0 Å². The molecular weight excluding hydrogens is 419 g/mol. The second kappa shape index (κ2) is 9.01. The van der Waals surface area contributed by atoms with Crippen LogP contribution in [0.2, 0.25) is 4.94 Å². The second-order valence-electron chi connectivity index (χ2n) is 5.97. The third-order valence-corrected chi connectivity index (χ3v) is 9.04. The number of rotatable bonds is 0. The van der Waals surface area contributed by atoms with E-state index < -0.39 is 18.4 Å². The fourth-order valence-corrected chi connectivity index (χ4v) is 6.16. The Hall–Kier alpha value is -2.86. The maximum absolute atomic E-state index is 3.47. The van der Waals surface area contributed by atoms with E-state index in [0.29, 0.717) is 0 Å². The van der Waals surface area contributed by atoms with Gasteiger partial charge in [0.2, 0.25) is 0 Å². The summed E-state index contributed by atoms with van der Waals surface area (Å²) < 4.78 is 10.4. The molecule has 26 heavy (non-hydrogen) atoms. The van der Waals surface area contributed by atoms with Crippen LogP contribution in [0, 0.1) is 29.6 Å². The Morgan fingerprint density at radius 3 is 1.00 bits per heavy atom. The topological polar surface area (TPSA) is 0 Å². The minimum absolute atomic E-state index is 1.01. The molecular formula is C25H18Sn. The summed E-state index contributed by atoms with van der Waals surface area (Å²) in [5.74, 6) is 9.89. The number of hydrogen-bond acceptors (Lipinski definition) is 0. The maximum atomic E-state index is 3.47. The Morgan fingerprint density at radius 1 is 0.462 bits per heavy atom. The van der Waals surface area contributed by atoms with Gasteiger partial charge in [-0.1, -0.05) is 0 Å². The van der Waals surface area contributed by atoms with Gasteiger partial charge < -0.3 is 0 Å². The molecule has 0 heterocycles. The summed E-state index contributed by atoms with van der Waals surface area (Å²) in [5, 5.41) is 0. The molecule has 0 spiro atoms. The van der Waals surface area contributed by atoms with Crippen molar-refractivity contribution in [1.29, 1.82) is 0 Å². The van der Waals surface area contributed by atoms with Crippen LogP contribution >= 0.6 is 0 Å². The first kappa shape index (κ1) is 17.9. The zero-order valence-electron chi connectivity index (χ0n) is 14.7. The molecule has 3 rings (SSSR count). The van der Waals surface area contributed by atoms with Gasteiger partial charge in [-0.2, -0.15) is 0 Å². The van der Waals surface area contributed by atoms with Gasteiger partial charge in [0, 0.05) is 0 Å². The molecule has 3 aromatic rings. The molecule has 0 aliphatic heterocycles.